The Morgan fingerprint density at radius 1 is 1.25 bits per heavy atom. The molecular formula is C6H3Cl3N2O. The lowest BCUT2D eigenvalue weighted by Crippen LogP contribution is -2.06. The predicted octanol–water partition coefficient (Wildman–Crippen LogP) is 2.12. The van der Waals surface area contributed by atoms with Crippen LogP contribution in [0.1, 0.15) is 16.2 Å². The van der Waals surface area contributed by atoms with E-state index in [0.717, 1.165) is 0 Å². The quantitative estimate of drug-likeness (QED) is 0.543. The molecule has 64 valence electrons. The van der Waals surface area contributed by atoms with Crippen LogP contribution in [0.4, 0.5) is 0 Å². The summed E-state index contributed by atoms with van der Waals surface area (Å²) in [6.07, 6.45) is 3.19. The Bertz CT molecular complexity index is 280. The van der Waals surface area contributed by atoms with E-state index in [1.165, 1.54) is 12.4 Å². The third kappa shape index (κ3) is 2.30. The van der Waals surface area contributed by atoms with E-state index in [4.69, 9.17) is 34.8 Å². The number of carbonyl (C=O) groups excluding carboxylic acids is 1. The van der Waals surface area contributed by atoms with Gasteiger partial charge in [-0.15, -0.1) is 0 Å². The molecule has 1 aromatic heterocycles. The molecule has 1 rings (SSSR count). The molecule has 3 nitrogen and oxygen atoms in total. The number of hydrogen-bond acceptors (Lipinski definition) is 3. The van der Waals surface area contributed by atoms with E-state index in [2.05, 4.69) is 9.97 Å². The number of halogens is 3. The van der Waals surface area contributed by atoms with E-state index in [-0.39, 0.29) is 5.82 Å². The van der Waals surface area contributed by atoms with Crippen LogP contribution >= 0.6 is 34.8 Å². The van der Waals surface area contributed by atoms with Crippen molar-refractivity contribution >= 4 is 41.1 Å². The van der Waals surface area contributed by atoms with Crippen LogP contribution in [0.15, 0.2) is 12.4 Å². The molecule has 0 spiro atoms. The largest absolute Gasteiger partial charge is 0.298 e. The zero-order valence-electron chi connectivity index (χ0n) is 5.67. The minimum Gasteiger partial charge on any atom is -0.298 e. The zero-order valence-corrected chi connectivity index (χ0v) is 7.94. The molecule has 0 unspecified atom stereocenters. The van der Waals surface area contributed by atoms with Gasteiger partial charge in [-0.3, -0.25) is 4.79 Å². The smallest absolute Gasteiger partial charge is 0.250 e. The van der Waals surface area contributed by atoms with E-state index >= 15 is 0 Å². The highest BCUT2D eigenvalue weighted by Crippen LogP contribution is 2.35. The topological polar surface area (TPSA) is 42.9 Å². The molecule has 0 saturated carbocycles. The first-order chi connectivity index (χ1) is 5.54. The maximum Gasteiger partial charge on any atom is 0.250 e. The van der Waals surface area contributed by atoms with Gasteiger partial charge < -0.3 is 0 Å². The Kier molecular flexibility index (Phi) is 2.88. The summed E-state index contributed by atoms with van der Waals surface area (Å²) in [5, 5.41) is 0. The van der Waals surface area contributed by atoms with Crippen LogP contribution in [0, 0.1) is 0 Å². The van der Waals surface area contributed by atoms with Crippen LogP contribution in [0.25, 0.3) is 0 Å². The fourth-order valence-corrected chi connectivity index (χ4v) is 0.838. The van der Waals surface area contributed by atoms with Gasteiger partial charge in [0.1, 0.15) is 0 Å². The Hall–Kier alpha value is -0.380. The number of rotatable bonds is 1. The third-order valence-electron chi connectivity index (χ3n) is 1.06. The predicted molar refractivity (Wildman–Crippen MR) is 46.7 cm³/mol. The second kappa shape index (κ2) is 3.56. The van der Waals surface area contributed by atoms with E-state index in [1.54, 1.807) is 0 Å². The summed E-state index contributed by atoms with van der Waals surface area (Å²) in [6.45, 7) is 0. The van der Waals surface area contributed by atoms with Crippen molar-refractivity contribution in [3.05, 3.63) is 23.8 Å². The lowest BCUT2D eigenvalue weighted by Gasteiger charge is -2.07. The Morgan fingerprint density at radius 3 is 2.08 bits per heavy atom. The molecule has 0 bridgehead atoms. The summed E-state index contributed by atoms with van der Waals surface area (Å²) in [4.78, 5) is 17.6. The minimum absolute atomic E-state index is 0.0538. The summed E-state index contributed by atoms with van der Waals surface area (Å²) in [6, 6.07) is 0. The average molecular weight is 225 g/mol. The Labute approximate surface area is 83.7 Å². The fraction of sp³-hybridized carbons (Fsp3) is 0.167. The third-order valence-corrected chi connectivity index (χ3v) is 1.57. The molecule has 1 aromatic rings. The van der Waals surface area contributed by atoms with Crippen LogP contribution in [0.2, 0.25) is 0 Å². The van der Waals surface area contributed by atoms with Gasteiger partial charge in [-0.1, -0.05) is 34.8 Å². The standard InChI is InChI=1S/C6H3Cl3N2O/c7-6(8,9)5-10-1-4(3-12)2-11-5/h1-3H. The number of aromatic nitrogens is 2. The molecule has 0 atom stereocenters. The van der Waals surface area contributed by atoms with Crippen LogP contribution in [0.5, 0.6) is 0 Å². The van der Waals surface area contributed by atoms with E-state index in [9.17, 15) is 4.79 Å². The molecule has 12 heavy (non-hydrogen) atoms. The van der Waals surface area contributed by atoms with Gasteiger partial charge in [0, 0.05) is 12.4 Å². The molecule has 6 heteroatoms. The summed E-state index contributed by atoms with van der Waals surface area (Å²) < 4.78 is -1.64. The van der Waals surface area contributed by atoms with Gasteiger partial charge in [-0.25, -0.2) is 9.97 Å². The van der Waals surface area contributed by atoms with Crippen molar-refractivity contribution in [1.82, 2.24) is 9.97 Å². The zero-order chi connectivity index (χ0) is 9.19. The van der Waals surface area contributed by atoms with Gasteiger partial charge in [0.25, 0.3) is 0 Å². The van der Waals surface area contributed by atoms with Gasteiger partial charge in [0.15, 0.2) is 12.1 Å². The molecule has 0 fully saturated rings. The van der Waals surface area contributed by atoms with E-state index in [1.807, 2.05) is 0 Å². The molecule has 0 saturated heterocycles. The first kappa shape index (κ1) is 9.71. The second-order valence-corrected chi connectivity index (χ2v) is 4.24. The summed E-state index contributed by atoms with van der Waals surface area (Å²) in [7, 11) is 0. The highest BCUT2D eigenvalue weighted by Gasteiger charge is 2.25. The molecule has 0 aliphatic rings. The molecule has 0 aliphatic carbocycles. The van der Waals surface area contributed by atoms with E-state index in [0.29, 0.717) is 11.8 Å². The van der Waals surface area contributed by atoms with Gasteiger partial charge in [-0.05, 0) is 0 Å². The fourth-order valence-electron chi connectivity index (χ4n) is 0.545. The number of aldehydes is 1. The van der Waals surface area contributed by atoms with Crippen molar-refractivity contribution < 1.29 is 4.79 Å². The second-order valence-electron chi connectivity index (χ2n) is 1.96. The number of hydrogen-bond donors (Lipinski definition) is 0. The lowest BCUT2D eigenvalue weighted by atomic mass is 10.4. The molecule has 1 heterocycles. The van der Waals surface area contributed by atoms with Crippen molar-refractivity contribution in [1.29, 1.82) is 0 Å². The van der Waals surface area contributed by atoms with Crippen molar-refractivity contribution in [2.24, 2.45) is 0 Å². The molecule has 0 N–H and O–H groups in total. The van der Waals surface area contributed by atoms with Crippen LogP contribution in [-0.4, -0.2) is 16.3 Å². The maximum absolute atomic E-state index is 10.2. The first-order valence-corrected chi connectivity index (χ1v) is 4.02. The van der Waals surface area contributed by atoms with Gasteiger partial charge in [0.05, 0.1) is 5.56 Å². The summed E-state index contributed by atoms with van der Waals surface area (Å²) in [5.41, 5.74) is 0.341. The molecular weight excluding hydrogens is 222 g/mol. The lowest BCUT2D eigenvalue weighted by molar-refractivity contribution is 0.112. The first-order valence-electron chi connectivity index (χ1n) is 2.88. The van der Waals surface area contributed by atoms with Crippen LogP contribution < -0.4 is 0 Å². The number of nitrogens with zero attached hydrogens (tertiary/aromatic N) is 2. The van der Waals surface area contributed by atoms with Crippen LogP contribution in [-0.2, 0) is 3.79 Å². The van der Waals surface area contributed by atoms with Crippen molar-refractivity contribution in [2.75, 3.05) is 0 Å². The van der Waals surface area contributed by atoms with Gasteiger partial charge >= 0.3 is 0 Å². The molecule has 0 aromatic carbocycles. The van der Waals surface area contributed by atoms with E-state index < -0.39 is 3.79 Å². The minimum atomic E-state index is -1.64. The highest BCUT2D eigenvalue weighted by atomic mass is 35.6. The Balaban J connectivity index is 3.00. The molecule has 0 aliphatic heterocycles. The maximum atomic E-state index is 10.2. The molecule has 0 amide bonds. The Morgan fingerprint density at radius 2 is 1.75 bits per heavy atom. The van der Waals surface area contributed by atoms with Crippen molar-refractivity contribution in [2.45, 2.75) is 3.79 Å². The van der Waals surface area contributed by atoms with Crippen molar-refractivity contribution in [3.8, 4) is 0 Å². The monoisotopic (exact) mass is 224 g/mol. The van der Waals surface area contributed by atoms with Crippen LogP contribution in [0.3, 0.4) is 0 Å². The SMILES string of the molecule is O=Cc1cnc(C(Cl)(Cl)Cl)nc1. The highest BCUT2D eigenvalue weighted by molar-refractivity contribution is 6.66. The normalized spacial score (nSPS) is 11.2. The summed E-state index contributed by atoms with van der Waals surface area (Å²) in [5.74, 6) is 0.0538. The summed E-state index contributed by atoms with van der Waals surface area (Å²) >= 11 is 16.4. The van der Waals surface area contributed by atoms with Crippen molar-refractivity contribution in [3.63, 3.8) is 0 Å². The molecule has 0 radical (unpaired) electrons. The van der Waals surface area contributed by atoms with Gasteiger partial charge in [-0.2, -0.15) is 0 Å². The number of alkyl halides is 3. The van der Waals surface area contributed by atoms with Gasteiger partial charge in [0.2, 0.25) is 3.79 Å². The number of carbonyl (C=O) groups is 1. The average Bonchev–Trinajstić information content (AvgIpc) is 2.03.